The second-order valence-corrected chi connectivity index (χ2v) is 13.2. The summed E-state index contributed by atoms with van der Waals surface area (Å²) in [7, 11) is 2.09. The molecule has 9 nitrogen and oxygen atoms in total. The highest BCUT2D eigenvalue weighted by atomic mass is 32.1. The molecule has 0 unspecified atom stereocenters. The Morgan fingerprint density at radius 3 is 2.72 bits per heavy atom. The normalized spacial score (nSPS) is 30.8. The van der Waals surface area contributed by atoms with E-state index in [1.165, 1.54) is 16.2 Å². The number of thiazole rings is 1. The van der Waals surface area contributed by atoms with Crippen LogP contribution in [0, 0.1) is 23.2 Å². The molecule has 1 saturated carbocycles. The van der Waals surface area contributed by atoms with Gasteiger partial charge in [-0.1, -0.05) is 20.8 Å². The van der Waals surface area contributed by atoms with Crippen LogP contribution in [0.5, 0.6) is 11.5 Å². The van der Waals surface area contributed by atoms with Gasteiger partial charge in [0.15, 0.2) is 16.6 Å². The zero-order valence-electron chi connectivity index (χ0n) is 23.1. The largest absolute Gasteiger partial charge is 0.454 e. The van der Waals surface area contributed by atoms with E-state index < -0.39 is 6.10 Å². The van der Waals surface area contributed by atoms with Crippen LogP contribution in [0.3, 0.4) is 0 Å². The van der Waals surface area contributed by atoms with Crippen LogP contribution in [0.2, 0.25) is 0 Å². The minimum absolute atomic E-state index is 0.00556. The maximum absolute atomic E-state index is 13.4. The first kappa shape index (κ1) is 26.5. The Morgan fingerprint density at radius 2 is 1.95 bits per heavy atom. The molecule has 39 heavy (non-hydrogen) atoms. The van der Waals surface area contributed by atoms with Crippen molar-refractivity contribution in [2.24, 2.45) is 23.2 Å². The van der Waals surface area contributed by atoms with Gasteiger partial charge in [-0.3, -0.25) is 14.9 Å². The second kappa shape index (κ2) is 10.1. The molecule has 2 amide bonds. The van der Waals surface area contributed by atoms with Crippen molar-refractivity contribution in [3.63, 3.8) is 0 Å². The van der Waals surface area contributed by atoms with Crippen LogP contribution < -0.4 is 14.8 Å². The number of aromatic nitrogens is 1. The summed E-state index contributed by atoms with van der Waals surface area (Å²) >= 11 is 1.53. The average Bonchev–Trinajstić information content (AvgIpc) is 3.54. The first-order valence-electron chi connectivity index (χ1n) is 14.0. The number of hydrogen-bond donors (Lipinski definition) is 2. The average molecular weight is 555 g/mol. The molecule has 1 aromatic heterocycles. The number of aliphatic hydroxyl groups is 1. The maximum Gasteiger partial charge on any atom is 0.257 e. The van der Waals surface area contributed by atoms with Gasteiger partial charge in [0.25, 0.3) is 5.91 Å². The van der Waals surface area contributed by atoms with E-state index in [-0.39, 0.29) is 47.7 Å². The molecule has 2 aliphatic heterocycles. The molecule has 2 aromatic rings. The zero-order valence-corrected chi connectivity index (χ0v) is 23.9. The molecule has 4 aliphatic rings. The number of hydrogen-bond acceptors (Lipinski definition) is 8. The van der Waals surface area contributed by atoms with Crippen molar-refractivity contribution in [3.05, 3.63) is 34.3 Å². The molecule has 1 aromatic carbocycles. The standard InChI is InChI=1S/C29H38N4O5S/c1-16(27(36)33-11-9-32(4)10-12-33)19-7-8-29(3)14-22-24(17(2)23(29)25(19)34)30-28(39-22)31-26(35)18-5-6-20-21(13-18)38-15-37-20/h5-6,13,16-17,19,23,25,34H,7-12,14-15H2,1-4H3,(H,30,31,35)/t16-,17-,19+,23+,25-,29+/m0/s1. The van der Waals surface area contributed by atoms with Crippen molar-refractivity contribution in [3.8, 4) is 11.5 Å². The predicted octanol–water partition coefficient (Wildman–Crippen LogP) is 3.59. The smallest absolute Gasteiger partial charge is 0.257 e. The summed E-state index contributed by atoms with van der Waals surface area (Å²) in [6.45, 7) is 9.87. The topological polar surface area (TPSA) is 104 Å². The third-order valence-corrected chi connectivity index (χ3v) is 10.6. The number of nitrogens with zero attached hydrogens (tertiary/aromatic N) is 3. The Balaban J connectivity index is 1.18. The van der Waals surface area contributed by atoms with Crippen LogP contribution in [0.15, 0.2) is 18.2 Å². The van der Waals surface area contributed by atoms with Crippen LogP contribution >= 0.6 is 11.3 Å². The number of fused-ring (bicyclic) bond motifs is 3. The second-order valence-electron chi connectivity index (χ2n) is 12.1. The monoisotopic (exact) mass is 554 g/mol. The number of likely N-dealkylation sites (N-methyl/N-ethyl adjacent to an activating group) is 1. The van der Waals surface area contributed by atoms with Crippen LogP contribution in [-0.2, 0) is 11.2 Å². The number of piperazine rings is 1. The van der Waals surface area contributed by atoms with Gasteiger partial charge >= 0.3 is 0 Å². The summed E-state index contributed by atoms with van der Waals surface area (Å²) in [5.41, 5.74) is 1.36. The van der Waals surface area contributed by atoms with E-state index in [4.69, 9.17) is 14.5 Å². The lowest BCUT2D eigenvalue weighted by Crippen LogP contribution is -2.55. The van der Waals surface area contributed by atoms with Gasteiger partial charge in [-0.05, 0) is 61.8 Å². The minimum atomic E-state index is -0.577. The third kappa shape index (κ3) is 4.70. The van der Waals surface area contributed by atoms with Crippen LogP contribution in [-0.4, -0.2) is 77.8 Å². The molecule has 210 valence electrons. The number of carbonyl (C=O) groups is 2. The van der Waals surface area contributed by atoms with E-state index in [1.807, 2.05) is 11.8 Å². The zero-order chi connectivity index (χ0) is 27.5. The van der Waals surface area contributed by atoms with Gasteiger partial charge in [0.05, 0.1) is 11.8 Å². The summed E-state index contributed by atoms with van der Waals surface area (Å²) in [6.07, 6.45) is 2.04. The van der Waals surface area contributed by atoms with E-state index in [0.29, 0.717) is 22.2 Å². The Hall–Kier alpha value is -2.69. The Labute approximate surface area is 233 Å². The quantitative estimate of drug-likeness (QED) is 0.595. The van der Waals surface area contributed by atoms with Crippen LogP contribution in [0.4, 0.5) is 5.13 Å². The number of aliphatic hydroxyl groups excluding tert-OH is 1. The lowest BCUT2D eigenvalue weighted by molar-refractivity contribution is -0.146. The highest BCUT2D eigenvalue weighted by Crippen LogP contribution is 2.57. The van der Waals surface area contributed by atoms with E-state index in [0.717, 1.165) is 51.1 Å². The molecule has 0 bridgehead atoms. The van der Waals surface area contributed by atoms with Crippen molar-refractivity contribution in [1.29, 1.82) is 0 Å². The van der Waals surface area contributed by atoms with Gasteiger partial charge in [-0.15, -0.1) is 11.3 Å². The van der Waals surface area contributed by atoms with Crippen molar-refractivity contribution < 1.29 is 24.2 Å². The first-order chi connectivity index (χ1) is 18.6. The number of benzene rings is 1. The van der Waals surface area contributed by atoms with E-state index >= 15 is 0 Å². The van der Waals surface area contributed by atoms with Gasteiger partial charge in [0.2, 0.25) is 12.7 Å². The lowest BCUT2D eigenvalue weighted by atomic mass is 9.53. The van der Waals surface area contributed by atoms with Crippen molar-refractivity contribution in [2.45, 2.75) is 52.1 Å². The molecule has 6 atom stereocenters. The predicted molar refractivity (Wildman–Crippen MR) is 148 cm³/mol. The summed E-state index contributed by atoms with van der Waals surface area (Å²) in [5, 5.41) is 15.3. The fourth-order valence-corrected chi connectivity index (χ4v) is 8.56. The van der Waals surface area contributed by atoms with Gasteiger partial charge < -0.3 is 24.4 Å². The maximum atomic E-state index is 13.4. The van der Waals surface area contributed by atoms with E-state index in [2.05, 4.69) is 31.1 Å². The number of ether oxygens (including phenoxy) is 2. The highest BCUT2D eigenvalue weighted by Gasteiger charge is 2.54. The van der Waals surface area contributed by atoms with E-state index in [9.17, 15) is 14.7 Å². The van der Waals surface area contributed by atoms with Gasteiger partial charge in [-0.25, -0.2) is 4.98 Å². The summed E-state index contributed by atoms with van der Waals surface area (Å²) in [5.74, 6) is 0.875. The molecule has 1 saturated heterocycles. The number of carbonyl (C=O) groups excluding carboxylic acids is 2. The molecule has 2 fully saturated rings. The molecule has 10 heteroatoms. The molecular formula is C29H38N4O5S. The Kier molecular flexibility index (Phi) is 6.84. The summed E-state index contributed by atoms with van der Waals surface area (Å²) in [6, 6.07) is 5.14. The van der Waals surface area contributed by atoms with Gasteiger partial charge in [0.1, 0.15) is 0 Å². The van der Waals surface area contributed by atoms with Crippen molar-refractivity contribution in [1.82, 2.24) is 14.8 Å². The number of amides is 2. The molecule has 3 heterocycles. The third-order valence-electron chi connectivity index (χ3n) is 9.62. The fraction of sp³-hybridized carbons (Fsp3) is 0.621. The molecule has 6 rings (SSSR count). The number of rotatable bonds is 4. The first-order valence-corrected chi connectivity index (χ1v) is 14.8. The van der Waals surface area contributed by atoms with Crippen molar-refractivity contribution in [2.75, 3.05) is 45.3 Å². The molecule has 2 N–H and O–H groups in total. The Bertz CT molecular complexity index is 1270. The van der Waals surface area contributed by atoms with Crippen molar-refractivity contribution >= 4 is 28.3 Å². The molecule has 0 radical (unpaired) electrons. The fourth-order valence-electron chi connectivity index (χ4n) is 7.31. The lowest BCUT2D eigenvalue weighted by Gasteiger charge is -2.53. The summed E-state index contributed by atoms with van der Waals surface area (Å²) < 4.78 is 10.8. The molecular weight excluding hydrogens is 516 g/mol. The summed E-state index contributed by atoms with van der Waals surface area (Å²) in [4.78, 5) is 36.6. The van der Waals surface area contributed by atoms with Gasteiger partial charge in [-0.2, -0.15) is 0 Å². The SMILES string of the molecule is C[C@H](C(=O)N1CCN(C)CC1)[C@H]1CC[C@]2(C)Cc3sc(NC(=O)c4ccc5c(c4)OCO5)nc3[C@@H](C)[C@@H]2[C@H]1O. The molecule has 0 spiro atoms. The van der Waals surface area contributed by atoms with E-state index in [1.54, 1.807) is 18.2 Å². The minimum Gasteiger partial charge on any atom is -0.454 e. The van der Waals surface area contributed by atoms with Crippen LogP contribution in [0.1, 0.15) is 60.5 Å². The number of anilines is 1. The molecule has 2 aliphatic carbocycles. The number of nitrogens with one attached hydrogen (secondary N) is 1. The Morgan fingerprint density at radius 1 is 1.21 bits per heavy atom. The van der Waals surface area contributed by atoms with Gasteiger partial charge in [0, 0.05) is 48.5 Å². The van der Waals surface area contributed by atoms with Crippen LogP contribution in [0.25, 0.3) is 0 Å². The highest BCUT2D eigenvalue weighted by molar-refractivity contribution is 7.15.